The summed E-state index contributed by atoms with van der Waals surface area (Å²) in [6, 6.07) is 11.0. The van der Waals surface area contributed by atoms with Crippen LogP contribution in [-0.2, 0) is 0 Å². The van der Waals surface area contributed by atoms with Crippen molar-refractivity contribution in [3.63, 3.8) is 0 Å². The van der Waals surface area contributed by atoms with E-state index >= 15 is 0 Å². The third kappa shape index (κ3) is 3.20. The zero-order valence-corrected chi connectivity index (χ0v) is 12.2. The second kappa shape index (κ2) is 6.48. The van der Waals surface area contributed by atoms with E-state index in [0.29, 0.717) is 16.5 Å². The first kappa shape index (κ1) is 14.4. The van der Waals surface area contributed by atoms with Gasteiger partial charge in [0.2, 0.25) is 0 Å². The summed E-state index contributed by atoms with van der Waals surface area (Å²) in [4.78, 5) is 16.3. The molecule has 0 atom stereocenters. The van der Waals surface area contributed by atoms with Crippen molar-refractivity contribution < 1.29 is 9.18 Å². The lowest BCUT2D eigenvalue weighted by atomic mass is 10.1. The molecule has 0 aliphatic carbocycles. The largest absolute Gasteiger partial charge is 0.293 e. The molecular weight excluding hydrogens is 303 g/mol. The van der Waals surface area contributed by atoms with Crippen molar-refractivity contribution >= 4 is 17.5 Å². The van der Waals surface area contributed by atoms with Gasteiger partial charge in [-0.1, -0.05) is 17.8 Å². The van der Waals surface area contributed by atoms with Crippen LogP contribution in [0.25, 0.3) is 5.82 Å². The molecule has 0 radical (unpaired) electrons. The fourth-order valence-corrected chi connectivity index (χ4v) is 2.64. The fourth-order valence-electron chi connectivity index (χ4n) is 1.83. The van der Waals surface area contributed by atoms with Crippen molar-refractivity contribution in [3.8, 4) is 5.82 Å². The Morgan fingerprint density at radius 1 is 1.18 bits per heavy atom. The summed E-state index contributed by atoms with van der Waals surface area (Å²) in [5, 5.41) is 8.43. The molecule has 110 valence electrons. The van der Waals surface area contributed by atoms with Crippen LogP contribution in [0.2, 0.25) is 0 Å². The molecule has 22 heavy (non-hydrogen) atoms. The van der Waals surface area contributed by atoms with Gasteiger partial charge < -0.3 is 0 Å². The van der Waals surface area contributed by atoms with E-state index in [9.17, 15) is 9.18 Å². The quantitative estimate of drug-likeness (QED) is 0.535. The minimum Gasteiger partial charge on any atom is -0.293 e. The lowest BCUT2D eigenvalue weighted by molar-refractivity contribution is 0.102. The van der Waals surface area contributed by atoms with E-state index in [1.807, 2.05) is 18.2 Å². The second-order valence-electron chi connectivity index (χ2n) is 4.39. The lowest BCUT2D eigenvalue weighted by Gasteiger charge is -2.04. The first-order valence-corrected chi connectivity index (χ1v) is 7.45. The topological polar surface area (TPSA) is 60.7 Å². The summed E-state index contributed by atoms with van der Waals surface area (Å²) >= 11 is 1.26. The molecule has 7 heteroatoms. The van der Waals surface area contributed by atoms with E-state index in [4.69, 9.17) is 0 Å². The van der Waals surface area contributed by atoms with Crippen LogP contribution in [-0.4, -0.2) is 31.3 Å². The number of Topliss-reactive ketones (excluding diaryl/α,β-unsaturated/α-hetero) is 1. The van der Waals surface area contributed by atoms with Gasteiger partial charge in [-0.15, -0.1) is 10.2 Å². The van der Waals surface area contributed by atoms with Crippen molar-refractivity contribution in [3.05, 3.63) is 66.4 Å². The Kier molecular flexibility index (Phi) is 4.24. The Morgan fingerprint density at radius 3 is 2.73 bits per heavy atom. The second-order valence-corrected chi connectivity index (χ2v) is 5.33. The highest BCUT2D eigenvalue weighted by atomic mass is 32.2. The van der Waals surface area contributed by atoms with Gasteiger partial charge in [-0.05, 0) is 36.4 Å². The summed E-state index contributed by atoms with van der Waals surface area (Å²) in [5.41, 5.74) is 0.470. The SMILES string of the molecule is O=C(CSc1nncn1-c1ccccn1)c1ccc(F)cc1. The molecule has 0 saturated carbocycles. The predicted octanol–water partition coefficient (Wildman–Crippen LogP) is 2.78. The van der Waals surface area contributed by atoms with Crippen LogP contribution in [0.5, 0.6) is 0 Å². The average Bonchev–Trinajstić information content (AvgIpc) is 3.02. The van der Waals surface area contributed by atoms with Gasteiger partial charge in [0.25, 0.3) is 0 Å². The van der Waals surface area contributed by atoms with Crippen molar-refractivity contribution in [2.75, 3.05) is 5.75 Å². The molecule has 0 aliphatic rings. The van der Waals surface area contributed by atoms with E-state index in [1.54, 1.807) is 17.1 Å². The number of carbonyl (C=O) groups excluding carboxylic acids is 1. The maximum atomic E-state index is 12.9. The van der Waals surface area contributed by atoms with Crippen molar-refractivity contribution in [2.24, 2.45) is 0 Å². The number of pyridine rings is 1. The van der Waals surface area contributed by atoms with Crippen LogP contribution in [0, 0.1) is 5.82 Å². The van der Waals surface area contributed by atoms with Crippen LogP contribution in [0.1, 0.15) is 10.4 Å². The van der Waals surface area contributed by atoms with E-state index in [2.05, 4.69) is 15.2 Å². The van der Waals surface area contributed by atoms with Gasteiger partial charge in [0, 0.05) is 11.8 Å². The summed E-state index contributed by atoms with van der Waals surface area (Å²) in [6.07, 6.45) is 3.22. The Balaban J connectivity index is 1.71. The first-order chi connectivity index (χ1) is 10.7. The standard InChI is InChI=1S/C15H11FN4OS/c16-12-6-4-11(5-7-12)13(21)9-22-15-19-18-10-20(15)14-3-1-2-8-17-14/h1-8,10H,9H2. The molecule has 3 aromatic rings. The van der Waals surface area contributed by atoms with E-state index in [-0.39, 0.29) is 17.4 Å². The van der Waals surface area contributed by atoms with Gasteiger partial charge in [-0.3, -0.25) is 9.36 Å². The molecule has 5 nitrogen and oxygen atoms in total. The smallest absolute Gasteiger partial charge is 0.197 e. The van der Waals surface area contributed by atoms with Crippen LogP contribution >= 0.6 is 11.8 Å². The van der Waals surface area contributed by atoms with Gasteiger partial charge >= 0.3 is 0 Å². The molecule has 3 rings (SSSR count). The Labute approximate surface area is 130 Å². The number of benzene rings is 1. The molecule has 0 spiro atoms. The highest BCUT2D eigenvalue weighted by Gasteiger charge is 2.12. The number of aromatic nitrogens is 4. The molecule has 0 fully saturated rings. The number of nitrogens with zero attached hydrogens (tertiary/aromatic N) is 4. The molecule has 0 bridgehead atoms. The van der Waals surface area contributed by atoms with Gasteiger partial charge in [0.15, 0.2) is 10.9 Å². The number of thioether (sulfide) groups is 1. The number of carbonyl (C=O) groups is 1. The molecule has 2 aromatic heterocycles. The lowest BCUT2D eigenvalue weighted by Crippen LogP contribution is -2.04. The summed E-state index contributed by atoms with van der Waals surface area (Å²) < 4.78 is 14.6. The van der Waals surface area contributed by atoms with Gasteiger partial charge in [-0.25, -0.2) is 9.37 Å². The summed E-state index contributed by atoms with van der Waals surface area (Å²) in [5.74, 6) is 0.417. The minimum absolute atomic E-state index is 0.0967. The number of hydrogen-bond donors (Lipinski definition) is 0. The molecule has 0 N–H and O–H groups in total. The first-order valence-electron chi connectivity index (χ1n) is 6.47. The predicted molar refractivity (Wildman–Crippen MR) is 80.6 cm³/mol. The molecule has 0 amide bonds. The van der Waals surface area contributed by atoms with E-state index in [1.165, 1.54) is 36.0 Å². The Hall–Kier alpha value is -2.54. The molecule has 0 aliphatic heterocycles. The monoisotopic (exact) mass is 314 g/mol. The van der Waals surface area contributed by atoms with E-state index in [0.717, 1.165) is 0 Å². The average molecular weight is 314 g/mol. The number of hydrogen-bond acceptors (Lipinski definition) is 5. The van der Waals surface area contributed by atoms with Crippen molar-refractivity contribution in [2.45, 2.75) is 5.16 Å². The minimum atomic E-state index is -0.362. The summed E-state index contributed by atoms with van der Waals surface area (Å²) in [6.45, 7) is 0. The normalized spacial score (nSPS) is 10.6. The number of ketones is 1. The van der Waals surface area contributed by atoms with Gasteiger partial charge in [-0.2, -0.15) is 0 Å². The fraction of sp³-hybridized carbons (Fsp3) is 0.0667. The zero-order valence-electron chi connectivity index (χ0n) is 11.4. The summed E-state index contributed by atoms with van der Waals surface area (Å²) in [7, 11) is 0. The third-order valence-corrected chi connectivity index (χ3v) is 3.85. The number of halogens is 1. The van der Waals surface area contributed by atoms with E-state index < -0.39 is 0 Å². The van der Waals surface area contributed by atoms with Crippen molar-refractivity contribution in [1.82, 2.24) is 19.7 Å². The number of rotatable bonds is 5. The zero-order chi connectivity index (χ0) is 15.4. The van der Waals surface area contributed by atoms with Gasteiger partial charge in [0.05, 0.1) is 5.75 Å². The maximum Gasteiger partial charge on any atom is 0.197 e. The van der Waals surface area contributed by atoms with Crippen LogP contribution < -0.4 is 0 Å². The highest BCUT2D eigenvalue weighted by molar-refractivity contribution is 7.99. The van der Waals surface area contributed by atoms with Crippen LogP contribution in [0.4, 0.5) is 4.39 Å². The molecule has 2 heterocycles. The molecular formula is C15H11FN4OS. The van der Waals surface area contributed by atoms with Crippen LogP contribution in [0.3, 0.4) is 0 Å². The third-order valence-electron chi connectivity index (χ3n) is 2.91. The maximum absolute atomic E-state index is 12.9. The molecule has 0 unspecified atom stereocenters. The van der Waals surface area contributed by atoms with Crippen LogP contribution in [0.15, 0.2) is 60.1 Å². The molecule has 0 saturated heterocycles. The highest BCUT2D eigenvalue weighted by Crippen LogP contribution is 2.19. The Morgan fingerprint density at radius 2 is 2.00 bits per heavy atom. The molecule has 1 aromatic carbocycles. The van der Waals surface area contributed by atoms with Crippen molar-refractivity contribution in [1.29, 1.82) is 0 Å². The van der Waals surface area contributed by atoms with Gasteiger partial charge in [0.1, 0.15) is 18.0 Å². The Bertz CT molecular complexity index is 774.